The van der Waals surface area contributed by atoms with Gasteiger partial charge in [0.25, 0.3) is 5.91 Å². The van der Waals surface area contributed by atoms with Crippen LogP contribution in [0.3, 0.4) is 0 Å². The summed E-state index contributed by atoms with van der Waals surface area (Å²) < 4.78 is 22.1. The van der Waals surface area contributed by atoms with Crippen molar-refractivity contribution in [2.45, 2.75) is 26.9 Å². The van der Waals surface area contributed by atoms with Crippen LogP contribution in [0.15, 0.2) is 71.8 Å². The maximum atomic E-state index is 12.6. The first-order valence-corrected chi connectivity index (χ1v) is 11.7. The number of halogens is 1. The third-order valence-electron chi connectivity index (χ3n) is 4.74. The first-order chi connectivity index (χ1) is 17.4. The summed E-state index contributed by atoms with van der Waals surface area (Å²) in [4.78, 5) is 24.9. The molecule has 8 nitrogen and oxygen atoms in total. The number of carbonyl (C=O) groups is 2. The minimum atomic E-state index is -0.788. The van der Waals surface area contributed by atoms with Gasteiger partial charge in [0.05, 0.1) is 25.0 Å². The fourth-order valence-electron chi connectivity index (χ4n) is 3.03. The lowest BCUT2D eigenvalue weighted by Crippen LogP contribution is -2.33. The van der Waals surface area contributed by atoms with Gasteiger partial charge in [0.1, 0.15) is 11.5 Å². The summed E-state index contributed by atoms with van der Waals surface area (Å²) in [6.07, 6.45) is 0.661. The van der Waals surface area contributed by atoms with Gasteiger partial charge in [0.15, 0.2) is 17.6 Å². The van der Waals surface area contributed by atoms with Crippen molar-refractivity contribution in [1.82, 2.24) is 5.43 Å². The number of esters is 1. The molecule has 3 aromatic rings. The zero-order valence-electron chi connectivity index (χ0n) is 20.2. The predicted octanol–water partition coefficient (Wildman–Crippen LogP) is 5.27. The van der Waals surface area contributed by atoms with Crippen molar-refractivity contribution in [3.05, 3.63) is 82.9 Å². The monoisotopic (exact) mass is 510 g/mol. The molecule has 0 heterocycles. The molecule has 3 rings (SSSR count). The van der Waals surface area contributed by atoms with Gasteiger partial charge in [0, 0.05) is 5.02 Å². The second kappa shape index (κ2) is 13.2. The van der Waals surface area contributed by atoms with E-state index in [1.54, 1.807) is 73.7 Å². The van der Waals surface area contributed by atoms with E-state index in [1.165, 1.54) is 6.21 Å². The summed E-state index contributed by atoms with van der Waals surface area (Å²) in [7, 11) is 0. The van der Waals surface area contributed by atoms with Crippen LogP contribution in [0.25, 0.3) is 0 Å². The molecule has 0 aromatic heterocycles. The molecular formula is C27H27ClN2O6. The van der Waals surface area contributed by atoms with Gasteiger partial charge in [-0.2, -0.15) is 5.10 Å². The maximum Gasteiger partial charge on any atom is 0.343 e. The molecule has 0 saturated carbocycles. The molecule has 0 bridgehead atoms. The van der Waals surface area contributed by atoms with Crippen molar-refractivity contribution in [2.75, 3.05) is 13.2 Å². The summed E-state index contributed by atoms with van der Waals surface area (Å²) in [6, 6.07) is 18.4. The quantitative estimate of drug-likeness (QED) is 0.163. The fraction of sp³-hybridized carbons (Fsp3) is 0.222. The van der Waals surface area contributed by atoms with Crippen molar-refractivity contribution in [1.29, 1.82) is 0 Å². The highest BCUT2D eigenvalue weighted by molar-refractivity contribution is 6.30. The van der Waals surface area contributed by atoms with Crippen LogP contribution in [0.5, 0.6) is 23.0 Å². The van der Waals surface area contributed by atoms with Crippen LogP contribution in [-0.4, -0.2) is 37.4 Å². The van der Waals surface area contributed by atoms with Crippen molar-refractivity contribution in [3.63, 3.8) is 0 Å². The highest BCUT2D eigenvalue weighted by Crippen LogP contribution is 2.29. The average molecular weight is 511 g/mol. The van der Waals surface area contributed by atoms with Crippen LogP contribution < -0.4 is 24.4 Å². The molecule has 0 radical (unpaired) electrons. The Balaban J connectivity index is 1.62. The molecule has 0 aliphatic rings. The number of hydrogen-bond donors (Lipinski definition) is 1. The Kier molecular flexibility index (Phi) is 9.71. The second-order valence-electron chi connectivity index (χ2n) is 7.44. The van der Waals surface area contributed by atoms with E-state index in [9.17, 15) is 9.59 Å². The number of benzene rings is 3. The number of ether oxygens (including phenoxy) is 4. The molecular weight excluding hydrogens is 484 g/mol. The normalized spacial score (nSPS) is 11.6. The molecule has 1 N–H and O–H groups in total. The summed E-state index contributed by atoms with van der Waals surface area (Å²) in [5.74, 6) is 0.819. The number of nitrogens with one attached hydrogen (secondary N) is 1. The number of carbonyl (C=O) groups excluding carboxylic acids is 2. The van der Waals surface area contributed by atoms with E-state index in [0.29, 0.717) is 46.6 Å². The van der Waals surface area contributed by atoms with Crippen molar-refractivity contribution < 1.29 is 28.5 Å². The van der Waals surface area contributed by atoms with Gasteiger partial charge in [-0.05, 0) is 87.0 Å². The Morgan fingerprint density at radius 3 is 2.39 bits per heavy atom. The first-order valence-electron chi connectivity index (χ1n) is 11.4. The van der Waals surface area contributed by atoms with E-state index >= 15 is 0 Å². The van der Waals surface area contributed by atoms with Crippen LogP contribution in [0.4, 0.5) is 0 Å². The third kappa shape index (κ3) is 7.74. The molecule has 0 unspecified atom stereocenters. The Hall–Kier alpha value is -4.04. The number of hydrogen-bond acceptors (Lipinski definition) is 7. The molecule has 1 atom stereocenters. The van der Waals surface area contributed by atoms with Crippen LogP contribution >= 0.6 is 11.6 Å². The third-order valence-corrected chi connectivity index (χ3v) is 4.97. The lowest BCUT2D eigenvalue weighted by molar-refractivity contribution is -0.127. The summed E-state index contributed by atoms with van der Waals surface area (Å²) in [5.41, 5.74) is 3.44. The van der Waals surface area contributed by atoms with Gasteiger partial charge in [-0.3, -0.25) is 4.79 Å². The Morgan fingerprint density at radius 1 is 0.944 bits per heavy atom. The Morgan fingerprint density at radius 2 is 1.69 bits per heavy atom. The fourth-order valence-corrected chi connectivity index (χ4v) is 3.21. The first kappa shape index (κ1) is 26.6. The topological polar surface area (TPSA) is 95.5 Å². The minimum absolute atomic E-state index is 0.264. The van der Waals surface area contributed by atoms with Gasteiger partial charge in [-0.1, -0.05) is 17.7 Å². The van der Waals surface area contributed by atoms with E-state index in [2.05, 4.69) is 10.5 Å². The standard InChI is InChI=1S/C27H27ClN2O6/c1-4-33-22-12-10-20(11-13-22)27(32)36-24-14-9-19(15-25(24)34-5-2)17-29-30-26(31)18(3)35-23-8-6-7-21(28)16-23/h6-18H,4-5H2,1-3H3,(H,30,31)/b29-17-/t18-/m1/s1. The molecule has 36 heavy (non-hydrogen) atoms. The summed E-state index contributed by atoms with van der Waals surface area (Å²) >= 11 is 5.93. The van der Waals surface area contributed by atoms with Crippen LogP contribution in [0, 0.1) is 0 Å². The zero-order valence-corrected chi connectivity index (χ0v) is 21.0. The molecule has 9 heteroatoms. The van der Waals surface area contributed by atoms with Gasteiger partial charge in [-0.25, -0.2) is 10.2 Å². The molecule has 0 fully saturated rings. The molecule has 0 aliphatic heterocycles. The molecule has 3 aromatic carbocycles. The number of rotatable bonds is 11. The molecule has 0 aliphatic carbocycles. The van der Waals surface area contributed by atoms with E-state index in [1.807, 2.05) is 13.8 Å². The van der Waals surface area contributed by atoms with Gasteiger partial charge in [-0.15, -0.1) is 0 Å². The minimum Gasteiger partial charge on any atom is -0.494 e. The molecule has 0 spiro atoms. The average Bonchev–Trinajstić information content (AvgIpc) is 2.86. The van der Waals surface area contributed by atoms with E-state index in [0.717, 1.165) is 0 Å². The van der Waals surface area contributed by atoms with Crippen molar-refractivity contribution in [3.8, 4) is 23.0 Å². The largest absolute Gasteiger partial charge is 0.494 e. The van der Waals surface area contributed by atoms with Crippen LogP contribution in [-0.2, 0) is 4.79 Å². The summed E-state index contributed by atoms with van der Waals surface area (Å²) in [5, 5.41) is 4.49. The second-order valence-corrected chi connectivity index (χ2v) is 7.87. The lowest BCUT2D eigenvalue weighted by atomic mass is 10.2. The smallest absolute Gasteiger partial charge is 0.343 e. The van der Waals surface area contributed by atoms with Crippen molar-refractivity contribution in [2.24, 2.45) is 5.10 Å². The van der Waals surface area contributed by atoms with E-state index in [4.69, 9.17) is 30.5 Å². The van der Waals surface area contributed by atoms with Crippen LogP contribution in [0.1, 0.15) is 36.7 Å². The highest BCUT2D eigenvalue weighted by Gasteiger charge is 2.15. The lowest BCUT2D eigenvalue weighted by Gasteiger charge is -2.13. The van der Waals surface area contributed by atoms with Gasteiger partial charge in [0.2, 0.25) is 0 Å². The Labute approximate surface area is 214 Å². The number of nitrogens with zero attached hydrogens (tertiary/aromatic N) is 1. The Bertz CT molecular complexity index is 1210. The SMILES string of the molecule is CCOc1ccc(C(=O)Oc2ccc(/C=N\NC(=O)[C@@H](C)Oc3cccc(Cl)c3)cc2OCC)cc1. The zero-order chi connectivity index (χ0) is 25.9. The molecule has 0 saturated heterocycles. The number of amides is 1. The van der Waals surface area contributed by atoms with E-state index in [-0.39, 0.29) is 5.75 Å². The predicted molar refractivity (Wildman–Crippen MR) is 137 cm³/mol. The summed E-state index contributed by atoms with van der Waals surface area (Å²) in [6.45, 7) is 6.21. The number of hydrazone groups is 1. The van der Waals surface area contributed by atoms with E-state index < -0.39 is 18.0 Å². The maximum absolute atomic E-state index is 12.6. The van der Waals surface area contributed by atoms with Gasteiger partial charge < -0.3 is 18.9 Å². The molecule has 1 amide bonds. The van der Waals surface area contributed by atoms with Crippen molar-refractivity contribution >= 4 is 29.7 Å². The molecule has 188 valence electrons. The highest BCUT2D eigenvalue weighted by atomic mass is 35.5. The van der Waals surface area contributed by atoms with Gasteiger partial charge >= 0.3 is 5.97 Å². The van der Waals surface area contributed by atoms with Crippen LogP contribution in [0.2, 0.25) is 5.02 Å².